The number of hydrogen-bond donors (Lipinski definition) is 1. The van der Waals surface area contributed by atoms with Gasteiger partial charge in [-0.05, 0) is 72.0 Å². The molecule has 4 aromatic carbocycles. The number of aliphatic hydroxyl groups is 1. The van der Waals surface area contributed by atoms with Crippen molar-refractivity contribution in [3.63, 3.8) is 0 Å². The van der Waals surface area contributed by atoms with Gasteiger partial charge in [-0.1, -0.05) is 110 Å². The number of rotatable bonds is 14. The second-order valence-corrected chi connectivity index (χ2v) is 13.8. The Labute approximate surface area is 294 Å². The molecule has 1 aliphatic heterocycles. The van der Waals surface area contributed by atoms with E-state index < -0.39 is 17.7 Å². The van der Waals surface area contributed by atoms with E-state index in [1.807, 2.05) is 85.8 Å². The highest BCUT2D eigenvalue weighted by molar-refractivity contribution is 8.00. The van der Waals surface area contributed by atoms with E-state index in [0.717, 1.165) is 36.0 Å². The van der Waals surface area contributed by atoms with Crippen molar-refractivity contribution < 1.29 is 24.2 Å². The van der Waals surface area contributed by atoms with Crippen molar-refractivity contribution in [3.05, 3.63) is 137 Å². The molecule has 10 heteroatoms. The van der Waals surface area contributed by atoms with Gasteiger partial charge >= 0.3 is 5.91 Å². The van der Waals surface area contributed by atoms with Crippen LogP contribution in [0.25, 0.3) is 5.76 Å². The first-order valence-corrected chi connectivity index (χ1v) is 18.0. The largest absolute Gasteiger partial charge is 0.507 e. The molecule has 1 atom stereocenters. The number of amides is 1. The molecule has 6 rings (SSSR count). The molecule has 0 saturated carbocycles. The molecule has 8 nitrogen and oxygen atoms in total. The summed E-state index contributed by atoms with van der Waals surface area (Å²) >= 11 is 2.74. The number of aromatic nitrogens is 2. The summed E-state index contributed by atoms with van der Waals surface area (Å²) in [5.74, 6) is 0.132. The van der Waals surface area contributed by atoms with Crippen LogP contribution in [0.1, 0.15) is 60.0 Å². The van der Waals surface area contributed by atoms with Crippen LogP contribution in [0, 0.1) is 6.92 Å². The summed E-state index contributed by atoms with van der Waals surface area (Å²) in [6.07, 6.45) is 3.14. The molecule has 0 spiro atoms. The van der Waals surface area contributed by atoms with Gasteiger partial charge in [0.1, 0.15) is 23.9 Å². The van der Waals surface area contributed by atoms with E-state index in [0.29, 0.717) is 45.9 Å². The van der Waals surface area contributed by atoms with Crippen LogP contribution in [0.4, 0.5) is 5.13 Å². The smallest absolute Gasteiger partial charge is 0.301 e. The number of unbranched alkanes of at least 4 members (excludes halogenated alkanes) is 2. The highest BCUT2D eigenvalue weighted by Gasteiger charge is 2.48. The Morgan fingerprint density at radius 1 is 0.857 bits per heavy atom. The van der Waals surface area contributed by atoms with Gasteiger partial charge < -0.3 is 14.6 Å². The SMILES string of the molecule is CCCCCOc1ccc(C2C(=C(O)c3ccc(OCc4ccccc4C)cc3)C(=O)C(=O)N2c2nnc(SCc3ccccc3)s2)cc1. The number of aliphatic hydroxyl groups excluding tert-OH is 1. The minimum atomic E-state index is -0.925. The molecule has 49 heavy (non-hydrogen) atoms. The van der Waals surface area contributed by atoms with Crippen molar-refractivity contribution in [3.8, 4) is 11.5 Å². The molecule has 1 fully saturated rings. The van der Waals surface area contributed by atoms with Gasteiger partial charge in [-0.25, -0.2) is 0 Å². The minimum absolute atomic E-state index is 0.0242. The zero-order valence-electron chi connectivity index (χ0n) is 27.4. The summed E-state index contributed by atoms with van der Waals surface area (Å²) in [7, 11) is 0. The first kappa shape index (κ1) is 34.0. The van der Waals surface area contributed by atoms with Crippen LogP contribution in [0.15, 0.2) is 113 Å². The average Bonchev–Trinajstić information content (AvgIpc) is 3.71. The number of carbonyl (C=O) groups is 2. The van der Waals surface area contributed by atoms with Crippen LogP contribution >= 0.6 is 23.1 Å². The zero-order valence-corrected chi connectivity index (χ0v) is 29.0. The van der Waals surface area contributed by atoms with Crippen LogP contribution in [-0.2, 0) is 21.9 Å². The third-order valence-corrected chi connectivity index (χ3v) is 10.4. The standard InChI is InChI=1S/C39H37N3O5S2/c1-3-4-10-23-46-31-19-15-28(16-20-31)34-33(35(43)29-17-21-32(22-18-29)47-24-30-14-9-8-11-26(30)2)36(44)37(45)42(34)38-40-41-39(49-38)48-25-27-12-6-5-7-13-27/h5-9,11-22,34,43H,3-4,10,23-25H2,1-2H3. The fourth-order valence-corrected chi connectivity index (χ4v) is 7.33. The van der Waals surface area contributed by atoms with Gasteiger partial charge in [0.15, 0.2) is 4.34 Å². The molecular formula is C39H37N3O5S2. The molecule has 250 valence electrons. The molecule has 1 saturated heterocycles. The molecular weight excluding hydrogens is 655 g/mol. The molecule has 1 aromatic heterocycles. The first-order chi connectivity index (χ1) is 23.9. The maximum Gasteiger partial charge on any atom is 0.301 e. The first-order valence-electron chi connectivity index (χ1n) is 16.2. The second kappa shape index (κ2) is 16.0. The normalized spacial score (nSPS) is 15.5. The Kier molecular flexibility index (Phi) is 11.1. The van der Waals surface area contributed by atoms with Gasteiger partial charge in [0, 0.05) is 11.3 Å². The van der Waals surface area contributed by atoms with Crippen LogP contribution in [0.3, 0.4) is 0 Å². The van der Waals surface area contributed by atoms with Gasteiger partial charge in [-0.3, -0.25) is 14.5 Å². The van der Waals surface area contributed by atoms with Crippen molar-refractivity contribution >= 4 is 45.7 Å². The fraction of sp³-hybridized carbons (Fsp3) is 0.231. The number of anilines is 1. The highest BCUT2D eigenvalue weighted by Crippen LogP contribution is 2.44. The predicted molar refractivity (Wildman–Crippen MR) is 194 cm³/mol. The quantitative estimate of drug-likeness (QED) is 0.0308. The van der Waals surface area contributed by atoms with Crippen molar-refractivity contribution in [2.45, 2.75) is 55.9 Å². The summed E-state index contributed by atoms with van der Waals surface area (Å²) in [5.41, 5.74) is 4.34. The van der Waals surface area contributed by atoms with Crippen molar-refractivity contribution in [1.29, 1.82) is 0 Å². The van der Waals surface area contributed by atoms with Gasteiger partial charge in [0.25, 0.3) is 5.78 Å². The summed E-state index contributed by atoms with van der Waals surface area (Å²) in [4.78, 5) is 28.8. The number of thioether (sulfide) groups is 1. The maximum absolute atomic E-state index is 13.7. The topological polar surface area (TPSA) is 102 Å². The molecule has 1 unspecified atom stereocenters. The number of hydrogen-bond acceptors (Lipinski definition) is 9. The molecule has 0 radical (unpaired) electrons. The summed E-state index contributed by atoms with van der Waals surface area (Å²) < 4.78 is 12.6. The Bertz CT molecular complexity index is 1920. The van der Waals surface area contributed by atoms with E-state index in [9.17, 15) is 14.7 Å². The fourth-order valence-electron chi connectivity index (χ4n) is 5.51. The third kappa shape index (κ3) is 8.04. The lowest BCUT2D eigenvalue weighted by atomic mass is 9.95. The van der Waals surface area contributed by atoms with Gasteiger partial charge in [-0.2, -0.15) is 0 Å². The van der Waals surface area contributed by atoms with E-state index in [2.05, 4.69) is 17.1 Å². The monoisotopic (exact) mass is 691 g/mol. The lowest BCUT2D eigenvalue weighted by Gasteiger charge is -2.22. The number of Topliss-reactive ketones (excluding diaryl/α,β-unsaturated/α-hetero) is 1. The Morgan fingerprint density at radius 3 is 2.29 bits per heavy atom. The molecule has 2 heterocycles. The predicted octanol–water partition coefficient (Wildman–Crippen LogP) is 8.91. The van der Waals surface area contributed by atoms with E-state index in [-0.39, 0.29) is 16.5 Å². The Hall–Kier alpha value is -4.93. The Morgan fingerprint density at radius 2 is 1.55 bits per heavy atom. The minimum Gasteiger partial charge on any atom is -0.507 e. The number of benzene rings is 4. The number of ether oxygens (including phenoxy) is 2. The summed E-state index contributed by atoms with van der Waals surface area (Å²) in [5, 5.41) is 20.6. The van der Waals surface area contributed by atoms with Crippen molar-refractivity contribution in [2.24, 2.45) is 0 Å². The van der Waals surface area contributed by atoms with Crippen molar-refractivity contribution in [2.75, 3.05) is 11.5 Å². The molecule has 1 aliphatic rings. The molecule has 5 aromatic rings. The number of ketones is 1. The van der Waals surface area contributed by atoms with Gasteiger partial charge in [0.05, 0.1) is 18.2 Å². The number of nitrogens with zero attached hydrogens (tertiary/aromatic N) is 3. The van der Waals surface area contributed by atoms with E-state index in [1.165, 1.54) is 28.0 Å². The van der Waals surface area contributed by atoms with Crippen LogP contribution in [-0.4, -0.2) is 33.6 Å². The van der Waals surface area contributed by atoms with Gasteiger partial charge in [0.2, 0.25) is 5.13 Å². The third-order valence-electron chi connectivity index (χ3n) is 8.25. The lowest BCUT2D eigenvalue weighted by molar-refractivity contribution is -0.132. The molecule has 0 bridgehead atoms. The second-order valence-electron chi connectivity index (χ2n) is 11.7. The highest BCUT2D eigenvalue weighted by atomic mass is 32.2. The maximum atomic E-state index is 13.7. The number of carbonyl (C=O) groups excluding carboxylic acids is 2. The summed E-state index contributed by atoms with van der Waals surface area (Å²) in [6.45, 7) is 5.18. The molecule has 0 aliphatic carbocycles. The van der Waals surface area contributed by atoms with E-state index >= 15 is 0 Å². The van der Waals surface area contributed by atoms with Gasteiger partial charge in [-0.15, -0.1) is 10.2 Å². The summed E-state index contributed by atoms with van der Waals surface area (Å²) in [6, 6.07) is 31.2. The van der Waals surface area contributed by atoms with Crippen LogP contribution in [0.5, 0.6) is 11.5 Å². The molecule has 1 N–H and O–H groups in total. The van der Waals surface area contributed by atoms with E-state index in [4.69, 9.17) is 9.47 Å². The zero-order chi connectivity index (χ0) is 34.2. The Balaban J connectivity index is 1.29. The van der Waals surface area contributed by atoms with E-state index in [1.54, 1.807) is 24.3 Å². The van der Waals surface area contributed by atoms with Crippen LogP contribution in [0.2, 0.25) is 0 Å². The molecule has 1 amide bonds. The lowest BCUT2D eigenvalue weighted by Crippen LogP contribution is -2.29. The van der Waals surface area contributed by atoms with Crippen LogP contribution < -0.4 is 14.4 Å². The van der Waals surface area contributed by atoms with Crippen molar-refractivity contribution in [1.82, 2.24) is 10.2 Å². The number of aryl methyl sites for hydroxylation is 1. The average molecular weight is 692 g/mol.